The van der Waals surface area contributed by atoms with Gasteiger partial charge in [-0.05, 0) is 67.8 Å². The maximum Gasteiger partial charge on any atom is 0.233 e. The summed E-state index contributed by atoms with van der Waals surface area (Å²) in [6.07, 6.45) is 2.24. The Balaban J connectivity index is 0.000000886. The number of hydrogen-bond donors (Lipinski definition) is 1. The Morgan fingerprint density at radius 2 is 1.78 bits per heavy atom. The second kappa shape index (κ2) is 11.9. The second-order valence-electron chi connectivity index (χ2n) is 8.35. The summed E-state index contributed by atoms with van der Waals surface area (Å²) in [5.41, 5.74) is 3.53. The first-order valence-corrected chi connectivity index (χ1v) is 13.3. The average Bonchev–Trinajstić information content (AvgIpc) is 3.19. The number of benzene rings is 2. The molecular weight excluding hydrogens is 497 g/mol. The van der Waals surface area contributed by atoms with Gasteiger partial charge in [0.15, 0.2) is 0 Å². The summed E-state index contributed by atoms with van der Waals surface area (Å²) in [5.74, 6) is 1.27. The first-order chi connectivity index (χ1) is 17.6. The molecule has 4 aromatic rings. The van der Waals surface area contributed by atoms with Crippen molar-refractivity contribution in [2.24, 2.45) is 0 Å². The molecule has 1 N–H and O–H groups in total. The number of carbonyl (C=O) groups is 1. The van der Waals surface area contributed by atoms with Crippen LogP contribution in [0.25, 0.3) is 22.4 Å². The summed E-state index contributed by atoms with van der Waals surface area (Å²) in [6.45, 7) is 3.93. The van der Waals surface area contributed by atoms with Crippen molar-refractivity contribution in [2.75, 3.05) is 31.3 Å². The van der Waals surface area contributed by atoms with Crippen LogP contribution in [-0.4, -0.2) is 46.8 Å². The Morgan fingerprint density at radius 3 is 2.38 bits per heavy atom. The first kappa shape index (κ1) is 27.7. The molecule has 10 heteroatoms. The van der Waals surface area contributed by atoms with Gasteiger partial charge < -0.3 is 14.5 Å². The minimum absolute atomic E-state index is 0.197. The summed E-state index contributed by atoms with van der Waals surface area (Å²) < 4.78 is 51.5. The van der Waals surface area contributed by atoms with Crippen molar-refractivity contribution < 1.29 is 26.8 Å². The molecule has 0 aliphatic carbocycles. The molecular formula is C27H30FN3O5S. The molecule has 4 rings (SSSR count). The van der Waals surface area contributed by atoms with Gasteiger partial charge in [-0.2, -0.15) is 4.98 Å². The van der Waals surface area contributed by atoms with Crippen molar-refractivity contribution in [3.05, 3.63) is 77.1 Å². The summed E-state index contributed by atoms with van der Waals surface area (Å²) in [7, 11) is -0.462. The minimum Gasteiger partial charge on any atom is -0.496 e. The van der Waals surface area contributed by atoms with Gasteiger partial charge in [0.25, 0.3) is 0 Å². The molecule has 0 bridgehead atoms. The zero-order chi connectivity index (χ0) is 27.2. The zero-order valence-corrected chi connectivity index (χ0v) is 22.2. The monoisotopic (exact) mass is 527 g/mol. The number of furan rings is 1. The van der Waals surface area contributed by atoms with Gasteiger partial charge in [0, 0.05) is 30.1 Å². The fourth-order valence-electron chi connectivity index (χ4n) is 3.92. The number of ether oxygens (including phenoxy) is 1. The Hall–Kier alpha value is -3.92. The molecule has 196 valence electrons. The highest BCUT2D eigenvalue weighted by Gasteiger charge is 2.24. The van der Waals surface area contributed by atoms with Crippen molar-refractivity contribution in [3.63, 3.8) is 0 Å². The largest absolute Gasteiger partial charge is 0.496 e. The molecule has 0 saturated heterocycles. The van der Waals surface area contributed by atoms with Crippen LogP contribution in [-0.2, 0) is 21.2 Å². The van der Waals surface area contributed by atoms with Gasteiger partial charge >= 0.3 is 0 Å². The van der Waals surface area contributed by atoms with E-state index in [0.717, 1.165) is 28.3 Å². The average molecular weight is 528 g/mol. The van der Waals surface area contributed by atoms with Gasteiger partial charge in [0.2, 0.25) is 22.1 Å². The first-order valence-electron chi connectivity index (χ1n) is 11.5. The molecule has 0 unspecified atom stereocenters. The number of aryl methyl sites for hydroxylation is 2. The zero-order valence-electron chi connectivity index (χ0n) is 21.4. The predicted octanol–water partition coefficient (Wildman–Crippen LogP) is 4.63. The fraction of sp³-hybridized carbons (Fsp3) is 0.259. The molecule has 37 heavy (non-hydrogen) atoms. The van der Waals surface area contributed by atoms with Gasteiger partial charge in [0.1, 0.15) is 23.1 Å². The number of halogens is 1. The van der Waals surface area contributed by atoms with Crippen LogP contribution in [0.2, 0.25) is 0 Å². The van der Waals surface area contributed by atoms with E-state index < -0.39 is 10.0 Å². The molecule has 0 saturated carbocycles. The number of hydrogen-bond acceptors (Lipinski definition) is 6. The van der Waals surface area contributed by atoms with E-state index in [0.29, 0.717) is 41.4 Å². The number of nitrogens with zero attached hydrogens (tertiary/aromatic N) is 2. The number of para-hydroxylation sites is 1. The van der Waals surface area contributed by atoms with Gasteiger partial charge in [-0.1, -0.05) is 18.2 Å². The maximum absolute atomic E-state index is 13.3. The quantitative estimate of drug-likeness (QED) is 0.335. The molecule has 0 aliphatic heterocycles. The lowest BCUT2D eigenvalue weighted by Crippen LogP contribution is -2.33. The van der Waals surface area contributed by atoms with Gasteiger partial charge in [-0.25, -0.2) is 12.8 Å². The molecule has 2 aromatic carbocycles. The lowest BCUT2D eigenvalue weighted by Gasteiger charge is -2.23. The molecule has 2 heterocycles. The Kier molecular flexibility index (Phi) is 8.88. The van der Waals surface area contributed by atoms with Crippen LogP contribution >= 0.6 is 0 Å². The highest BCUT2D eigenvalue weighted by molar-refractivity contribution is 7.92. The van der Waals surface area contributed by atoms with E-state index in [2.05, 4.69) is 10.3 Å². The summed E-state index contributed by atoms with van der Waals surface area (Å²) in [4.78, 5) is 13.7. The number of carbonyl (C=O) groups excluding carboxylic acids is 1. The molecule has 0 spiro atoms. The van der Waals surface area contributed by atoms with Gasteiger partial charge in [0.05, 0.1) is 13.4 Å². The maximum atomic E-state index is 13.3. The number of pyridine rings is 1. The van der Waals surface area contributed by atoms with Crippen LogP contribution in [0.4, 0.5) is 10.2 Å². The Bertz CT molecular complexity index is 1480. The third-order valence-corrected chi connectivity index (χ3v) is 6.89. The van der Waals surface area contributed by atoms with E-state index >= 15 is 0 Å². The number of amides is 1. The van der Waals surface area contributed by atoms with Crippen LogP contribution < -0.4 is 14.4 Å². The fourth-order valence-corrected chi connectivity index (χ4v) is 4.84. The molecule has 0 atom stereocenters. The predicted molar refractivity (Wildman–Crippen MR) is 143 cm³/mol. The third-order valence-electron chi connectivity index (χ3n) is 5.73. The van der Waals surface area contributed by atoms with E-state index in [1.54, 1.807) is 26.3 Å². The van der Waals surface area contributed by atoms with Crippen molar-refractivity contribution in [2.45, 2.75) is 20.3 Å². The molecule has 0 radical (unpaired) electrons. The second-order valence-corrected chi connectivity index (χ2v) is 10.3. The number of fused-ring (bicyclic) bond motifs is 1. The van der Waals surface area contributed by atoms with Gasteiger partial charge in [-0.15, -0.1) is 0 Å². The number of aromatic nitrogens is 1. The number of anilines is 1. The molecule has 2 aromatic heterocycles. The van der Waals surface area contributed by atoms with Crippen LogP contribution in [0, 0.1) is 19.7 Å². The van der Waals surface area contributed by atoms with Crippen molar-refractivity contribution >= 4 is 33.4 Å². The summed E-state index contributed by atoms with van der Waals surface area (Å²) in [6, 6.07) is 15.4. The number of nitrogens with one attached hydrogen (secondary N) is 1. The summed E-state index contributed by atoms with van der Waals surface area (Å²) in [5, 5.41) is 3.04. The lowest BCUT2D eigenvalue weighted by molar-refractivity contribution is -0.109. The topological polar surface area (TPSA) is 102 Å². The van der Waals surface area contributed by atoms with E-state index in [1.165, 1.54) is 16.4 Å². The Morgan fingerprint density at radius 1 is 1.14 bits per heavy atom. The highest BCUT2D eigenvalue weighted by atomic mass is 32.2. The molecule has 0 aliphatic rings. The van der Waals surface area contributed by atoms with E-state index in [4.69, 9.17) is 13.9 Å². The van der Waals surface area contributed by atoms with Crippen LogP contribution in [0.15, 0.2) is 59.0 Å². The number of methoxy groups -OCH3 is 1. The van der Waals surface area contributed by atoms with Crippen LogP contribution in [0.5, 0.6) is 5.75 Å². The smallest absolute Gasteiger partial charge is 0.233 e. The van der Waals surface area contributed by atoms with Gasteiger partial charge in [-0.3, -0.25) is 9.10 Å². The standard InChI is InChI=1S/C25H25FN2O4S.C2H5NO/c1-16-15-21-17(2)23(19-9-11-20(26)12-10-19)32-25(21)27-24(16)28(33(4,29)30)14-13-18-7-5-6-8-22(18)31-3;1-3-2-4/h5-12,15H,13-14H2,1-4H3;2H,1H3,(H,3,4). The van der Waals surface area contributed by atoms with Crippen molar-refractivity contribution in [3.8, 4) is 17.1 Å². The van der Waals surface area contributed by atoms with Crippen molar-refractivity contribution in [1.82, 2.24) is 10.3 Å². The summed E-state index contributed by atoms with van der Waals surface area (Å²) >= 11 is 0. The Labute approximate surface area is 216 Å². The molecule has 0 fully saturated rings. The lowest BCUT2D eigenvalue weighted by atomic mass is 10.1. The van der Waals surface area contributed by atoms with Crippen LogP contribution in [0.3, 0.4) is 0 Å². The molecule has 1 amide bonds. The van der Waals surface area contributed by atoms with E-state index in [1.807, 2.05) is 44.2 Å². The minimum atomic E-state index is -3.61. The third kappa shape index (κ3) is 6.45. The SMILES string of the molecule is CNC=O.COc1ccccc1CCN(c1nc2oc(-c3ccc(F)cc3)c(C)c2cc1C)S(C)(=O)=O. The normalized spacial score (nSPS) is 11.0. The van der Waals surface area contributed by atoms with E-state index in [9.17, 15) is 12.8 Å². The van der Waals surface area contributed by atoms with Crippen molar-refractivity contribution in [1.29, 1.82) is 0 Å². The number of sulfonamides is 1. The van der Waals surface area contributed by atoms with E-state index in [-0.39, 0.29) is 12.4 Å². The van der Waals surface area contributed by atoms with Crippen LogP contribution in [0.1, 0.15) is 16.7 Å². The highest BCUT2D eigenvalue weighted by Crippen LogP contribution is 2.35. The number of rotatable bonds is 8. The molecule has 8 nitrogen and oxygen atoms in total.